The number of rotatable bonds is 5. The molecular weight excluding hydrogens is 268 g/mol. The van der Waals surface area contributed by atoms with Crippen LogP contribution in [0.3, 0.4) is 0 Å². The SMILES string of the molecule is O=C(CC1(Cn2cccc2)CCCCC1)Nc1nn[nH]n1. The molecule has 2 heterocycles. The van der Waals surface area contributed by atoms with E-state index in [4.69, 9.17) is 0 Å². The Hall–Kier alpha value is -2.18. The van der Waals surface area contributed by atoms with Crippen LogP contribution in [0.5, 0.6) is 0 Å². The Labute approximate surface area is 123 Å². The maximum absolute atomic E-state index is 12.3. The third kappa shape index (κ3) is 3.48. The molecule has 1 aliphatic rings. The highest BCUT2D eigenvalue weighted by atomic mass is 16.1. The lowest BCUT2D eigenvalue weighted by atomic mass is 9.71. The quantitative estimate of drug-likeness (QED) is 0.880. The van der Waals surface area contributed by atoms with Crippen LogP contribution >= 0.6 is 0 Å². The fourth-order valence-corrected chi connectivity index (χ4v) is 3.28. The normalized spacial score (nSPS) is 17.5. The summed E-state index contributed by atoms with van der Waals surface area (Å²) in [7, 11) is 0. The van der Waals surface area contributed by atoms with Crippen molar-refractivity contribution in [1.82, 2.24) is 25.2 Å². The Bertz CT molecular complexity index is 556. The van der Waals surface area contributed by atoms with E-state index < -0.39 is 0 Å². The second-order valence-electron chi connectivity index (χ2n) is 5.88. The van der Waals surface area contributed by atoms with Gasteiger partial charge in [0.15, 0.2) is 0 Å². The first kappa shape index (κ1) is 13.8. The van der Waals surface area contributed by atoms with Gasteiger partial charge in [0, 0.05) is 25.4 Å². The molecule has 0 radical (unpaired) electrons. The Morgan fingerprint density at radius 2 is 2.05 bits per heavy atom. The second-order valence-corrected chi connectivity index (χ2v) is 5.88. The molecule has 0 spiro atoms. The van der Waals surface area contributed by atoms with E-state index in [1.165, 1.54) is 19.3 Å². The molecule has 7 heteroatoms. The lowest BCUT2D eigenvalue weighted by Gasteiger charge is -2.37. The molecule has 0 atom stereocenters. The predicted octanol–water partition coefficient (Wildman–Crippen LogP) is 1.98. The first-order chi connectivity index (χ1) is 10.3. The van der Waals surface area contributed by atoms with Gasteiger partial charge in [0.1, 0.15) is 0 Å². The van der Waals surface area contributed by atoms with Crippen LogP contribution in [0, 0.1) is 5.41 Å². The maximum atomic E-state index is 12.3. The van der Waals surface area contributed by atoms with Crippen molar-refractivity contribution < 1.29 is 4.79 Å². The third-order valence-electron chi connectivity index (χ3n) is 4.23. The predicted molar refractivity (Wildman–Crippen MR) is 77.4 cm³/mol. The van der Waals surface area contributed by atoms with E-state index in [-0.39, 0.29) is 17.3 Å². The van der Waals surface area contributed by atoms with Crippen molar-refractivity contribution in [3.8, 4) is 0 Å². The van der Waals surface area contributed by atoms with Crippen molar-refractivity contribution >= 4 is 11.9 Å². The van der Waals surface area contributed by atoms with Gasteiger partial charge in [-0.05, 0) is 35.6 Å². The van der Waals surface area contributed by atoms with Crippen LogP contribution < -0.4 is 5.32 Å². The van der Waals surface area contributed by atoms with Gasteiger partial charge >= 0.3 is 0 Å². The number of aromatic nitrogens is 5. The van der Waals surface area contributed by atoms with E-state index in [0.29, 0.717) is 6.42 Å². The number of amides is 1. The summed E-state index contributed by atoms with van der Waals surface area (Å²) in [4.78, 5) is 12.3. The summed E-state index contributed by atoms with van der Waals surface area (Å²) < 4.78 is 2.17. The van der Waals surface area contributed by atoms with Gasteiger partial charge < -0.3 is 4.57 Å². The summed E-state index contributed by atoms with van der Waals surface area (Å²) in [5.74, 6) is 0.206. The zero-order chi connectivity index (χ0) is 14.5. The van der Waals surface area contributed by atoms with Gasteiger partial charge in [-0.1, -0.05) is 24.4 Å². The van der Waals surface area contributed by atoms with E-state index in [2.05, 4.69) is 42.9 Å². The summed E-state index contributed by atoms with van der Waals surface area (Å²) in [6.45, 7) is 0.889. The first-order valence-corrected chi connectivity index (χ1v) is 7.40. The van der Waals surface area contributed by atoms with Crippen LogP contribution in [0.4, 0.5) is 5.95 Å². The summed E-state index contributed by atoms with van der Waals surface area (Å²) >= 11 is 0. The molecular formula is C14H20N6O. The number of nitrogens with one attached hydrogen (secondary N) is 2. The van der Waals surface area contributed by atoms with Gasteiger partial charge in [0.05, 0.1) is 0 Å². The molecule has 0 aliphatic heterocycles. The lowest BCUT2D eigenvalue weighted by molar-refractivity contribution is -0.119. The molecule has 0 saturated heterocycles. The molecule has 1 saturated carbocycles. The van der Waals surface area contributed by atoms with Crippen LogP contribution in [-0.4, -0.2) is 31.1 Å². The zero-order valence-electron chi connectivity index (χ0n) is 12.0. The van der Waals surface area contributed by atoms with Crippen LogP contribution in [0.25, 0.3) is 0 Å². The molecule has 112 valence electrons. The smallest absolute Gasteiger partial charge is 0.269 e. The van der Waals surface area contributed by atoms with E-state index in [1.54, 1.807) is 0 Å². The largest absolute Gasteiger partial charge is 0.354 e. The molecule has 1 amide bonds. The Morgan fingerprint density at radius 3 is 2.71 bits per heavy atom. The van der Waals surface area contributed by atoms with Gasteiger partial charge in [-0.15, -0.1) is 5.10 Å². The number of anilines is 1. The summed E-state index contributed by atoms with van der Waals surface area (Å²) in [6.07, 6.45) is 10.4. The Morgan fingerprint density at radius 1 is 1.29 bits per heavy atom. The molecule has 0 bridgehead atoms. The number of tetrazole rings is 1. The van der Waals surface area contributed by atoms with Gasteiger partial charge in [0.2, 0.25) is 5.91 Å². The van der Waals surface area contributed by atoms with Crippen molar-refractivity contribution in [1.29, 1.82) is 0 Å². The minimum atomic E-state index is -0.0366. The molecule has 2 aromatic heterocycles. The Kier molecular flexibility index (Phi) is 3.98. The number of carbonyl (C=O) groups is 1. The summed E-state index contributed by atoms with van der Waals surface area (Å²) in [5, 5.41) is 16.0. The van der Waals surface area contributed by atoms with Gasteiger partial charge in [-0.3, -0.25) is 10.1 Å². The monoisotopic (exact) mass is 288 g/mol. The zero-order valence-corrected chi connectivity index (χ0v) is 12.0. The number of hydrogen-bond acceptors (Lipinski definition) is 4. The first-order valence-electron chi connectivity index (χ1n) is 7.40. The fraction of sp³-hybridized carbons (Fsp3) is 0.571. The van der Waals surface area contributed by atoms with Gasteiger partial charge in [-0.2, -0.15) is 5.21 Å². The van der Waals surface area contributed by atoms with Crippen molar-refractivity contribution in [2.45, 2.75) is 45.1 Å². The number of carbonyl (C=O) groups excluding carboxylic acids is 1. The highest BCUT2D eigenvalue weighted by Crippen LogP contribution is 2.41. The minimum Gasteiger partial charge on any atom is -0.354 e. The highest BCUT2D eigenvalue weighted by Gasteiger charge is 2.34. The average molecular weight is 288 g/mol. The molecule has 1 fully saturated rings. The number of H-pyrrole nitrogens is 1. The Balaban J connectivity index is 1.68. The number of hydrogen-bond donors (Lipinski definition) is 2. The van der Waals surface area contributed by atoms with E-state index in [9.17, 15) is 4.79 Å². The number of nitrogens with zero attached hydrogens (tertiary/aromatic N) is 4. The molecule has 1 aliphatic carbocycles. The molecule has 21 heavy (non-hydrogen) atoms. The topological polar surface area (TPSA) is 88.5 Å². The standard InChI is InChI=1S/C14H20N6O/c21-12(15-13-16-18-19-17-13)10-14(6-2-1-3-7-14)11-20-8-4-5-9-20/h4-5,8-9H,1-3,6-7,10-11H2,(H2,15,16,17,18,19,21). The summed E-state index contributed by atoms with van der Waals surface area (Å²) in [6, 6.07) is 4.05. The summed E-state index contributed by atoms with van der Waals surface area (Å²) in [5.41, 5.74) is 0.0328. The number of aromatic amines is 1. The molecule has 0 unspecified atom stereocenters. The fourth-order valence-electron chi connectivity index (χ4n) is 3.28. The molecule has 2 N–H and O–H groups in total. The highest BCUT2D eigenvalue weighted by molar-refractivity contribution is 5.89. The molecule has 3 rings (SSSR count). The molecule has 7 nitrogen and oxygen atoms in total. The van der Waals surface area contributed by atoms with Crippen molar-refractivity contribution in [2.24, 2.45) is 5.41 Å². The van der Waals surface area contributed by atoms with Crippen LogP contribution in [0.2, 0.25) is 0 Å². The van der Waals surface area contributed by atoms with E-state index >= 15 is 0 Å². The minimum absolute atomic E-state index is 0.0328. The van der Waals surface area contributed by atoms with Crippen LogP contribution in [0.15, 0.2) is 24.5 Å². The van der Waals surface area contributed by atoms with Gasteiger partial charge in [0.25, 0.3) is 5.95 Å². The molecule has 0 aromatic carbocycles. The molecule has 2 aromatic rings. The van der Waals surface area contributed by atoms with E-state index in [1.807, 2.05) is 12.1 Å². The maximum Gasteiger partial charge on any atom is 0.269 e. The van der Waals surface area contributed by atoms with Crippen LogP contribution in [0.1, 0.15) is 38.5 Å². The van der Waals surface area contributed by atoms with E-state index in [0.717, 1.165) is 19.4 Å². The van der Waals surface area contributed by atoms with Crippen molar-refractivity contribution in [3.63, 3.8) is 0 Å². The average Bonchev–Trinajstić information content (AvgIpc) is 3.13. The van der Waals surface area contributed by atoms with Crippen LogP contribution in [-0.2, 0) is 11.3 Å². The van der Waals surface area contributed by atoms with Crippen molar-refractivity contribution in [2.75, 3.05) is 5.32 Å². The van der Waals surface area contributed by atoms with Gasteiger partial charge in [-0.25, -0.2) is 0 Å². The second kappa shape index (κ2) is 6.07. The third-order valence-corrected chi connectivity index (χ3v) is 4.23. The lowest BCUT2D eigenvalue weighted by Crippen LogP contribution is -2.34. The van der Waals surface area contributed by atoms with Crippen molar-refractivity contribution in [3.05, 3.63) is 24.5 Å².